The summed E-state index contributed by atoms with van der Waals surface area (Å²) in [5.41, 5.74) is 0.745. The van der Waals surface area contributed by atoms with E-state index >= 15 is 0 Å². The zero-order valence-corrected chi connectivity index (χ0v) is 17.3. The molecule has 156 valence electrons. The molecule has 0 heterocycles. The Hall–Kier alpha value is -2.47. The minimum absolute atomic E-state index is 0.0851. The van der Waals surface area contributed by atoms with Crippen LogP contribution >= 0.6 is 11.6 Å². The standard InChI is InChI=1S/C22H25ClF2N2O2/c1-3-4-12-26-22(29)15(2)27(14-16-8-10-17(24)11-9-16)21(28)13-18-19(23)6-5-7-20(18)25/h5-11,15H,3-4,12-14H2,1-2H3,(H,26,29)/t15-/m1/s1. The van der Waals surface area contributed by atoms with E-state index < -0.39 is 23.6 Å². The number of unbranched alkanes of at least 4 members (excludes halogenated alkanes) is 1. The number of hydrogen-bond acceptors (Lipinski definition) is 2. The van der Waals surface area contributed by atoms with Crippen molar-refractivity contribution in [2.75, 3.05) is 6.54 Å². The van der Waals surface area contributed by atoms with E-state index in [1.165, 1.54) is 35.2 Å². The number of benzene rings is 2. The summed E-state index contributed by atoms with van der Waals surface area (Å²) >= 11 is 6.05. The van der Waals surface area contributed by atoms with Crippen molar-refractivity contribution in [2.45, 2.75) is 45.7 Å². The van der Waals surface area contributed by atoms with Crippen molar-refractivity contribution in [3.63, 3.8) is 0 Å². The van der Waals surface area contributed by atoms with E-state index in [-0.39, 0.29) is 29.5 Å². The van der Waals surface area contributed by atoms with Crippen LogP contribution in [0.3, 0.4) is 0 Å². The van der Waals surface area contributed by atoms with Crippen LogP contribution in [-0.2, 0) is 22.6 Å². The average molecular weight is 423 g/mol. The molecule has 0 fully saturated rings. The van der Waals surface area contributed by atoms with Gasteiger partial charge >= 0.3 is 0 Å². The van der Waals surface area contributed by atoms with Gasteiger partial charge in [0.2, 0.25) is 11.8 Å². The number of nitrogens with zero attached hydrogens (tertiary/aromatic N) is 1. The predicted octanol–water partition coefficient (Wildman–Crippen LogP) is 4.49. The third-order valence-electron chi connectivity index (χ3n) is 4.65. The molecule has 2 amide bonds. The van der Waals surface area contributed by atoms with Gasteiger partial charge in [0.25, 0.3) is 0 Å². The van der Waals surface area contributed by atoms with Gasteiger partial charge in [-0.15, -0.1) is 0 Å². The summed E-state index contributed by atoms with van der Waals surface area (Å²) in [6.45, 7) is 4.23. The van der Waals surface area contributed by atoms with Crippen molar-refractivity contribution >= 4 is 23.4 Å². The summed E-state index contributed by atoms with van der Waals surface area (Å²) in [7, 11) is 0. The molecule has 29 heavy (non-hydrogen) atoms. The first-order valence-electron chi connectivity index (χ1n) is 9.58. The van der Waals surface area contributed by atoms with Crippen LogP contribution in [0.1, 0.15) is 37.8 Å². The van der Waals surface area contributed by atoms with Crippen LogP contribution in [0.2, 0.25) is 5.02 Å². The van der Waals surface area contributed by atoms with E-state index in [1.807, 2.05) is 6.92 Å². The lowest BCUT2D eigenvalue weighted by atomic mass is 10.1. The van der Waals surface area contributed by atoms with E-state index in [4.69, 9.17) is 11.6 Å². The van der Waals surface area contributed by atoms with E-state index in [0.29, 0.717) is 12.1 Å². The Morgan fingerprint density at radius 3 is 2.45 bits per heavy atom. The first kappa shape index (κ1) is 22.8. The molecular weight excluding hydrogens is 398 g/mol. The Morgan fingerprint density at radius 2 is 1.83 bits per heavy atom. The molecule has 0 saturated heterocycles. The molecule has 2 aromatic carbocycles. The Bertz CT molecular complexity index is 823. The number of carbonyl (C=O) groups excluding carboxylic acids is 2. The third kappa shape index (κ3) is 6.53. The summed E-state index contributed by atoms with van der Waals surface area (Å²) < 4.78 is 27.4. The van der Waals surface area contributed by atoms with Crippen molar-refractivity contribution < 1.29 is 18.4 Å². The highest BCUT2D eigenvalue weighted by atomic mass is 35.5. The van der Waals surface area contributed by atoms with Crippen LogP contribution in [0.4, 0.5) is 8.78 Å². The number of halogens is 3. The second kappa shape index (κ2) is 10.9. The largest absolute Gasteiger partial charge is 0.354 e. The fourth-order valence-corrected chi connectivity index (χ4v) is 3.09. The highest BCUT2D eigenvalue weighted by molar-refractivity contribution is 6.31. The van der Waals surface area contributed by atoms with Gasteiger partial charge in [-0.1, -0.05) is 43.1 Å². The molecule has 0 spiro atoms. The first-order chi connectivity index (χ1) is 13.8. The maximum Gasteiger partial charge on any atom is 0.242 e. The Balaban J connectivity index is 2.23. The number of carbonyl (C=O) groups is 2. The van der Waals surface area contributed by atoms with Crippen molar-refractivity contribution in [3.8, 4) is 0 Å². The molecule has 0 unspecified atom stereocenters. The Labute approximate surface area is 174 Å². The van der Waals surface area contributed by atoms with E-state index in [1.54, 1.807) is 19.1 Å². The summed E-state index contributed by atoms with van der Waals surface area (Å²) in [6.07, 6.45) is 1.48. The molecule has 2 rings (SSSR count). The maximum absolute atomic E-state index is 14.1. The predicted molar refractivity (Wildman–Crippen MR) is 109 cm³/mol. The van der Waals surface area contributed by atoms with Gasteiger partial charge in [0.05, 0.1) is 6.42 Å². The van der Waals surface area contributed by atoms with Gasteiger partial charge < -0.3 is 10.2 Å². The van der Waals surface area contributed by atoms with Gasteiger partial charge in [-0.25, -0.2) is 8.78 Å². The van der Waals surface area contributed by atoms with Crippen LogP contribution in [-0.4, -0.2) is 29.3 Å². The van der Waals surface area contributed by atoms with Gasteiger partial charge in [0.15, 0.2) is 0 Å². The summed E-state index contributed by atoms with van der Waals surface area (Å²) in [6, 6.07) is 9.11. The zero-order valence-electron chi connectivity index (χ0n) is 16.6. The minimum Gasteiger partial charge on any atom is -0.354 e. The molecule has 0 saturated carbocycles. The van der Waals surface area contributed by atoms with Gasteiger partial charge in [0.1, 0.15) is 17.7 Å². The lowest BCUT2D eigenvalue weighted by Crippen LogP contribution is -2.48. The summed E-state index contributed by atoms with van der Waals surface area (Å²) in [5, 5.41) is 2.96. The molecule has 1 atom stereocenters. The van der Waals surface area contributed by atoms with E-state index in [2.05, 4.69) is 5.32 Å². The second-order valence-electron chi connectivity index (χ2n) is 6.85. The normalized spacial score (nSPS) is 11.8. The second-order valence-corrected chi connectivity index (χ2v) is 7.25. The fourth-order valence-electron chi connectivity index (χ4n) is 2.86. The van der Waals surface area contributed by atoms with Gasteiger partial charge in [-0.05, 0) is 43.2 Å². The minimum atomic E-state index is -0.782. The molecule has 0 aliphatic carbocycles. The molecule has 0 aliphatic heterocycles. The molecule has 7 heteroatoms. The number of hydrogen-bond donors (Lipinski definition) is 1. The van der Waals surface area contributed by atoms with Crippen molar-refractivity contribution in [1.82, 2.24) is 10.2 Å². The summed E-state index contributed by atoms with van der Waals surface area (Å²) in [5.74, 6) is -1.71. The number of rotatable bonds is 9. The molecule has 4 nitrogen and oxygen atoms in total. The van der Waals surface area contributed by atoms with E-state index in [9.17, 15) is 18.4 Å². The Kier molecular flexibility index (Phi) is 8.58. The average Bonchev–Trinajstić information content (AvgIpc) is 2.70. The monoisotopic (exact) mass is 422 g/mol. The molecule has 1 N–H and O–H groups in total. The topological polar surface area (TPSA) is 49.4 Å². The molecule has 0 aromatic heterocycles. The van der Waals surface area contributed by atoms with Crippen LogP contribution in [0, 0.1) is 11.6 Å². The number of amides is 2. The lowest BCUT2D eigenvalue weighted by Gasteiger charge is -2.29. The zero-order chi connectivity index (χ0) is 21.4. The molecular formula is C22H25ClF2N2O2. The highest BCUT2D eigenvalue weighted by Crippen LogP contribution is 2.21. The maximum atomic E-state index is 14.1. The first-order valence-corrected chi connectivity index (χ1v) is 9.95. The fraction of sp³-hybridized carbons (Fsp3) is 0.364. The van der Waals surface area contributed by atoms with E-state index in [0.717, 1.165) is 12.8 Å². The Morgan fingerprint density at radius 1 is 1.14 bits per heavy atom. The van der Waals surface area contributed by atoms with Crippen molar-refractivity contribution in [2.24, 2.45) is 0 Å². The summed E-state index contributed by atoms with van der Waals surface area (Å²) in [4.78, 5) is 26.9. The smallest absolute Gasteiger partial charge is 0.242 e. The SMILES string of the molecule is CCCCNC(=O)[C@@H](C)N(Cc1ccc(F)cc1)C(=O)Cc1c(F)cccc1Cl. The van der Waals surface area contributed by atoms with Crippen LogP contribution in [0.25, 0.3) is 0 Å². The van der Waals surface area contributed by atoms with Gasteiger partial charge in [-0.3, -0.25) is 9.59 Å². The lowest BCUT2D eigenvalue weighted by molar-refractivity contribution is -0.140. The molecule has 2 aromatic rings. The molecule has 0 aliphatic rings. The van der Waals surface area contributed by atoms with Crippen molar-refractivity contribution in [3.05, 3.63) is 70.2 Å². The third-order valence-corrected chi connectivity index (χ3v) is 5.01. The highest BCUT2D eigenvalue weighted by Gasteiger charge is 2.27. The van der Waals surface area contributed by atoms with Crippen LogP contribution < -0.4 is 5.32 Å². The van der Waals surface area contributed by atoms with Crippen LogP contribution in [0.15, 0.2) is 42.5 Å². The quantitative estimate of drug-likeness (QED) is 0.605. The van der Waals surface area contributed by atoms with Crippen LogP contribution in [0.5, 0.6) is 0 Å². The van der Waals surface area contributed by atoms with Gasteiger partial charge in [0, 0.05) is 23.7 Å². The molecule has 0 bridgehead atoms. The number of nitrogens with one attached hydrogen (secondary N) is 1. The van der Waals surface area contributed by atoms with Gasteiger partial charge in [-0.2, -0.15) is 0 Å². The molecule has 0 radical (unpaired) electrons. The van der Waals surface area contributed by atoms with Crippen molar-refractivity contribution in [1.29, 1.82) is 0 Å².